The third kappa shape index (κ3) is 3.60. The molecule has 2 rings (SSSR count). The van der Waals surface area contributed by atoms with Crippen molar-refractivity contribution in [3.8, 4) is 0 Å². The van der Waals surface area contributed by atoms with E-state index >= 15 is 0 Å². The summed E-state index contributed by atoms with van der Waals surface area (Å²) in [7, 11) is 1.54. The Labute approximate surface area is 131 Å². The lowest BCUT2D eigenvalue weighted by Crippen LogP contribution is -2.51. The van der Waals surface area contributed by atoms with E-state index in [9.17, 15) is 18.0 Å². The average molecular weight is 336 g/mol. The Morgan fingerprint density at radius 1 is 1.41 bits per heavy atom. The second kappa shape index (κ2) is 6.95. The normalized spacial score (nSPS) is 18.2. The van der Waals surface area contributed by atoms with Gasteiger partial charge in [0.1, 0.15) is 10.4 Å². The summed E-state index contributed by atoms with van der Waals surface area (Å²) in [6, 6.07) is 0. The van der Waals surface area contributed by atoms with Gasteiger partial charge in [0, 0.05) is 12.5 Å². The van der Waals surface area contributed by atoms with Crippen molar-refractivity contribution in [3.05, 3.63) is 16.1 Å². The highest BCUT2D eigenvalue weighted by atomic mass is 32.1. The number of ether oxygens (including phenoxy) is 1. The Hall–Kier alpha value is -1.15. The lowest BCUT2D eigenvalue weighted by molar-refractivity contribution is -0.230. The van der Waals surface area contributed by atoms with E-state index < -0.39 is 17.5 Å². The van der Waals surface area contributed by atoms with Crippen LogP contribution < -0.4 is 5.32 Å². The maximum atomic E-state index is 13.4. The zero-order valence-corrected chi connectivity index (χ0v) is 13.1. The molecule has 1 aliphatic rings. The minimum absolute atomic E-state index is 0.0108. The van der Waals surface area contributed by atoms with Crippen molar-refractivity contribution in [2.45, 2.75) is 51.4 Å². The van der Waals surface area contributed by atoms with Crippen molar-refractivity contribution in [2.75, 3.05) is 7.11 Å². The van der Waals surface area contributed by atoms with Crippen molar-refractivity contribution < 1.29 is 22.7 Å². The summed E-state index contributed by atoms with van der Waals surface area (Å²) >= 11 is 1.36. The summed E-state index contributed by atoms with van der Waals surface area (Å²) in [4.78, 5) is 16.4. The smallest absolute Gasteiger partial charge is 0.378 e. The number of hydrogen-bond acceptors (Lipinski definition) is 4. The molecule has 0 aromatic carbocycles. The molecular formula is C14H19F3N2O2S. The number of thiazole rings is 1. The summed E-state index contributed by atoms with van der Waals surface area (Å²) in [5.74, 6) is -0.930. The monoisotopic (exact) mass is 336 g/mol. The molecule has 0 unspecified atom stereocenters. The highest BCUT2D eigenvalue weighted by Crippen LogP contribution is 2.49. The van der Waals surface area contributed by atoms with Gasteiger partial charge in [-0.25, -0.2) is 4.98 Å². The van der Waals surface area contributed by atoms with Crippen molar-refractivity contribution in [3.63, 3.8) is 0 Å². The van der Waals surface area contributed by atoms with Crippen LogP contribution in [0, 0.1) is 5.41 Å². The van der Waals surface area contributed by atoms with Crippen LogP contribution in [0.3, 0.4) is 0 Å². The van der Waals surface area contributed by atoms with E-state index in [-0.39, 0.29) is 19.4 Å². The summed E-state index contributed by atoms with van der Waals surface area (Å²) in [6.45, 7) is 0.363. The first-order valence-electron chi connectivity index (χ1n) is 7.16. The number of nitrogens with zero attached hydrogens (tertiary/aromatic N) is 1. The highest BCUT2D eigenvalue weighted by molar-refractivity contribution is 7.09. The molecule has 0 atom stereocenters. The molecule has 1 saturated carbocycles. The van der Waals surface area contributed by atoms with Crippen molar-refractivity contribution in [2.24, 2.45) is 5.41 Å². The number of carbonyl (C=O) groups excluding carboxylic acids is 1. The van der Waals surface area contributed by atoms with Crippen molar-refractivity contribution in [1.29, 1.82) is 0 Å². The predicted molar refractivity (Wildman–Crippen MR) is 76.2 cm³/mol. The molecule has 22 heavy (non-hydrogen) atoms. The van der Waals surface area contributed by atoms with Gasteiger partial charge in [-0.15, -0.1) is 11.3 Å². The molecule has 8 heteroatoms. The number of nitrogens with one attached hydrogen (secondary N) is 1. The summed E-state index contributed by atoms with van der Waals surface area (Å²) in [5.41, 5.74) is -1.69. The molecule has 1 heterocycles. The number of alkyl halides is 3. The Balaban J connectivity index is 2.02. The molecule has 0 bridgehead atoms. The van der Waals surface area contributed by atoms with Crippen LogP contribution in [0.1, 0.15) is 42.8 Å². The minimum Gasteiger partial charge on any atom is -0.378 e. The number of amides is 1. The second-order valence-electron chi connectivity index (χ2n) is 5.49. The second-order valence-corrected chi connectivity index (χ2v) is 6.43. The van der Waals surface area contributed by atoms with Crippen molar-refractivity contribution in [1.82, 2.24) is 10.3 Å². The molecule has 0 saturated heterocycles. The van der Waals surface area contributed by atoms with Gasteiger partial charge in [-0.3, -0.25) is 4.79 Å². The maximum Gasteiger partial charge on any atom is 0.403 e. The van der Waals surface area contributed by atoms with Gasteiger partial charge in [-0.1, -0.05) is 19.3 Å². The zero-order chi connectivity index (χ0) is 16.2. The fraction of sp³-hybridized carbons (Fsp3) is 0.714. The first kappa shape index (κ1) is 17.2. The third-order valence-corrected chi connectivity index (χ3v) is 4.85. The number of halogens is 3. The SMILES string of the molecule is COCc1nc(CNC(=O)C2(C(F)(F)F)CCCCC2)cs1. The van der Waals surface area contributed by atoms with Crippen LogP contribution in [0.5, 0.6) is 0 Å². The molecule has 0 radical (unpaired) electrons. The minimum atomic E-state index is -4.51. The molecule has 124 valence electrons. The molecule has 4 nitrogen and oxygen atoms in total. The molecule has 1 N–H and O–H groups in total. The summed E-state index contributed by atoms with van der Waals surface area (Å²) in [6.07, 6.45) is -3.16. The van der Waals surface area contributed by atoms with Crippen LogP contribution >= 0.6 is 11.3 Å². The van der Waals surface area contributed by atoms with E-state index in [1.807, 2.05) is 0 Å². The van der Waals surface area contributed by atoms with Crippen molar-refractivity contribution >= 4 is 17.2 Å². The van der Waals surface area contributed by atoms with Crippen LogP contribution in [0.25, 0.3) is 0 Å². The van der Waals surface area contributed by atoms with Crippen LogP contribution in [-0.4, -0.2) is 24.2 Å². The van der Waals surface area contributed by atoms with Gasteiger partial charge < -0.3 is 10.1 Å². The van der Waals surface area contributed by atoms with E-state index in [1.54, 1.807) is 12.5 Å². The quantitative estimate of drug-likeness (QED) is 0.896. The van der Waals surface area contributed by atoms with Crippen LogP contribution in [0.15, 0.2) is 5.38 Å². The van der Waals surface area contributed by atoms with Crippen LogP contribution in [0.2, 0.25) is 0 Å². The molecule has 1 aliphatic carbocycles. The zero-order valence-electron chi connectivity index (χ0n) is 12.3. The first-order chi connectivity index (χ1) is 10.4. The van der Waals surface area contributed by atoms with Gasteiger partial charge in [-0.2, -0.15) is 13.2 Å². The Kier molecular flexibility index (Phi) is 5.44. The fourth-order valence-electron chi connectivity index (χ4n) is 2.75. The number of methoxy groups -OCH3 is 1. The third-order valence-electron chi connectivity index (χ3n) is 3.98. The van der Waals surface area contributed by atoms with Gasteiger partial charge in [0.05, 0.1) is 18.8 Å². The number of hydrogen-bond donors (Lipinski definition) is 1. The standard InChI is InChI=1S/C14H19F3N2O2S/c1-21-8-11-19-10(9-22-11)7-18-12(20)13(14(15,16)17)5-3-2-4-6-13/h9H,2-8H2,1H3,(H,18,20). The topological polar surface area (TPSA) is 51.2 Å². The van der Waals surface area contributed by atoms with Gasteiger partial charge in [-0.05, 0) is 12.8 Å². The maximum absolute atomic E-state index is 13.4. The number of rotatable bonds is 5. The van der Waals surface area contributed by atoms with Crippen LogP contribution in [-0.2, 0) is 22.7 Å². The molecule has 0 spiro atoms. The molecule has 1 aromatic heterocycles. The number of aromatic nitrogens is 1. The van der Waals surface area contributed by atoms with Crippen LogP contribution in [0.4, 0.5) is 13.2 Å². The Morgan fingerprint density at radius 2 is 2.09 bits per heavy atom. The Bertz CT molecular complexity index is 510. The predicted octanol–water partition coefficient (Wildman–Crippen LogP) is 3.42. The molecular weight excluding hydrogens is 317 g/mol. The fourth-order valence-corrected chi connectivity index (χ4v) is 3.52. The first-order valence-corrected chi connectivity index (χ1v) is 8.04. The highest BCUT2D eigenvalue weighted by Gasteiger charge is 2.59. The lowest BCUT2D eigenvalue weighted by Gasteiger charge is -2.37. The number of carbonyl (C=O) groups is 1. The van der Waals surface area contributed by atoms with Gasteiger partial charge in [0.15, 0.2) is 0 Å². The molecule has 1 fully saturated rings. The van der Waals surface area contributed by atoms with E-state index in [0.29, 0.717) is 25.1 Å². The van der Waals surface area contributed by atoms with E-state index in [2.05, 4.69) is 10.3 Å². The largest absolute Gasteiger partial charge is 0.403 e. The van der Waals surface area contributed by atoms with Gasteiger partial charge >= 0.3 is 6.18 Å². The van der Waals surface area contributed by atoms with E-state index in [1.165, 1.54) is 11.3 Å². The Morgan fingerprint density at radius 3 is 2.68 bits per heavy atom. The molecule has 1 amide bonds. The average Bonchev–Trinajstić information content (AvgIpc) is 2.92. The van der Waals surface area contributed by atoms with Gasteiger partial charge in [0.25, 0.3) is 0 Å². The lowest BCUT2D eigenvalue weighted by atomic mass is 9.72. The van der Waals surface area contributed by atoms with Gasteiger partial charge in [0.2, 0.25) is 5.91 Å². The summed E-state index contributed by atoms with van der Waals surface area (Å²) in [5, 5.41) is 4.87. The molecule has 0 aliphatic heterocycles. The summed E-state index contributed by atoms with van der Waals surface area (Å²) < 4.78 is 45.1. The van der Waals surface area contributed by atoms with E-state index in [4.69, 9.17) is 4.74 Å². The molecule has 1 aromatic rings. The van der Waals surface area contributed by atoms with E-state index in [0.717, 1.165) is 11.4 Å².